The van der Waals surface area contributed by atoms with Crippen LogP contribution in [0, 0.1) is 0 Å². The zero-order chi connectivity index (χ0) is 19.9. The summed E-state index contributed by atoms with van der Waals surface area (Å²) in [6.07, 6.45) is 3.62. The summed E-state index contributed by atoms with van der Waals surface area (Å²) in [5.41, 5.74) is 3.55. The van der Waals surface area contributed by atoms with Crippen LogP contribution in [-0.4, -0.2) is 20.9 Å². The molecule has 4 aromatic rings. The molecule has 146 valence electrons. The van der Waals surface area contributed by atoms with Crippen molar-refractivity contribution in [2.45, 2.75) is 25.9 Å². The van der Waals surface area contributed by atoms with E-state index in [-0.39, 0.29) is 5.91 Å². The van der Waals surface area contributed by atoms with Gasteiger partial charge in [0.1, 0.15) is 18.2 Å². The fraction of sp³-hybridized carbons (Fsp3) is 0.174. The second-order valence-corrected chi connectivity index (χ2v) is 6.74. The van der Waals surface area contributed by atoms with E-state index in [1.807, 2.05) is 66.7 Å². The van der Waals surface area contributed by atoms with Crippen LogP contribution in [0.3, 0.4) is 0 Å². The molecule has 1 amide bonds. The quantitative estimate of drug-likeness (QED) is 0.467. The van der Waals surface area contributed by atoms with E-state index in [2.05, 4.69) is 20.3 Å². The van der Waals surface area contributed by atoms with Crippen LogP contribution in [0.4, 0.5) is 5.69 Å². The smallest absolute Gasteiger partial charge is 0.224 e. The van der Waals surface area contributed by atoms with Gasteiger partial charge in [0.15, 0.2) is 0 Å². The Labute approximate surface area is 169 Å². The van der Waals surface area contributed by atoms with Gasteiger partial charge in [0.2, 0.25) is 5.91 Å². The fourth-order valence-electron chi connectivity index (χ4n) is 3.07. The number of H-pyrrole nitrogens is 1. The van der Waals surface area contributed by atoms with Crippen LogP contribution < -0.4 is 10.1 Å². The number of carbonyl (C=O) groups excluding carboxylic acids is 1. The number of pyridine rings is 1. The minimum Gasteiger partial charge on any atom is -0.487 e. The van der Waals surface area contributed by atoms with Crippen molar-refractivity contribution in [1.29, 1.82) is 0 Å². The van der Waals surface area contributed by atoms with Gasteiger partial charge in [-0.3, -0.25) is 9.78 Å². The largest absolute Gasteiger partial charge is 0.487 e. The maximum absolute atomic E-state index is 12.3. The van der Waals surface area contributed by atoms with Gasteiger partial charge in [-0.25, -0.2) is 4.98 Å². The first kappa shape index (κ1) is 18.7. The van der Waals surface area contributed by atoms with E-state index in [1.54, 1.807) is 6.20 Å². The number of nitrogens with one attached hydrogen (secondary N) is 2. The number of rotatable bonds is 8. The van der Waals surface area contributed by atoms with Gasteiger partial charge in [-0.1, -0.05) is 24.3 Å². The lowest BCUT2D eigenvalue weighted by molar-refractivity contribution is -0.116. The summed E-state index contributed by atoms with van der Waals surface area (Å²) >= 11 is 0. The highest BCUT2D eigenvalue weighted by Crippen LogP contribution is 2.19. The van der Waals surface area contributed by atoms with E-state index in [4.69, 9.17) is 4.74 Å². The molecule has 0 spiro atoms. The van der Waals surface area contributed by atoms with E-state index in [1.165, 1.54) is 0 Å². The molecule has 0 atom stereocenters. The van der Waals surface area contributed by atoms with Gasteiger partial charge in [-0.15, -0.1) is 0 Å². The maximum atomic E-state index is 12.3. The zero-order valence-electron chi connectivity index (χ0n) is 16.0. The van der Waals surface area contributed by atoms with E-state index in [0.717, 1.165) is 41.1 Å². The topological polar surface area (TPSA) is 79.9 Å². The van der Waals surface area contributed by atoms with Crippen LogP contribution >= 0.6 is 0 Å². The number of anilines is 1. The molecular weight excluding hydrogens is 364 g/mol. The Morgan fingerprint density at radius 2 is 1.93 bits per heavy atom. The number of carbonyl (C=O) groups is 1. The number of benzene rings is 2. The van der Waals surface area contributed by atoms with Gasteiger partial charge >= 0.3 is 0 Å². The van der Waals surface area contributed by atoms with Gasteiger partial charge < -0.3 is 15.0 Å². The molecule has 0 saturated carbocycles. The molecule has 29 heavy (non-hydrogen) atoms. The van der Waals surface area contributed by atoms with Gasteiger partial charge in [-0.2, -0.15) is 0 Å². The lowest BCUT2D eigenvalue weighted by Gasteiger charge is -2.09. The summed E-state index contributed by atoms with van der Waals surface area (Å²) in [4.78, 5) is 24.3. The van der Waals surface area contributed by atoms with Gasteiger partial charge in [-0.05, 0) is 42.8 Å². The number of nitrogens with zero attached hydrogens (tertiary/aromatic N) is 2. The highest BCUT2D eigenvalue weighted by atomic mass is 16.5. The van der Waals surface area contributed by atoms with Crippen molar-refractivity contribution >= 4 is 22.6 Å². The van der Waals surface area contributed by atoms with Crippen LogP contribution in [-0.2, 0) is 17.8 Å². The molecule has 6 nitrogen and oxygen atoms in total. The Morgan fingerprint density at radius 3 is 2.79 bits per heavy atom. The predicted octanol–water partition coefficient (Wildman–Crippen LogP) is 4.50. The minimum absolute atomic E-state index is 0.0250. The molecule has 0 saturated heterocycles. The molecule has 0 unspecified atom stereocenters. The monoisotopic (exact) mass is 386 g/mol. The summed E-state index contributed by atoms with van der Waals surface area (Å²) in [6.45, 7) is 0.385. The Morgan fingerprint density at radius 1 is 1.03 bits per heavy atom. The lowest BCUT2D eigenvalue weighted by Crippen LogP contribution is -2.11. The number of hydrogen-bond acceptors (Lipinski definition) is 4. The minimum atomic E-state index is -0.0250. The van der Waals surface area contributed by atoms with Crippen LogP contribution in [0.25, 0.3) is 11.0 Å². The average molecular weight is 386 g/mol. The van der Waals surface area contributed by atoms with E-state index in [0.29, 0.717) is 18.8 Å². The molecule has 0 aliphatic carbocycles. The van der Waals surface area contributed by atoms with Crippen molar-refractivity contribution in [3.63, 3.8) is 0 Å². The van der Waals surface area contributed by atoms with Crippen LogP contribution in [0.15, 0.2) is 72.9 Å². The third-order valence-electron chi connectivity index (χ3n) is 4.49. The second kappa shape index (κ2) is 9.01. The van der Waals surface area contributed by atoms with Crippen molar-refractivity contribution in [3.8, 4) is 5.75 Å². The molecule has 2 N–H and O–H groups in total. The Balaban J connectivity index is 1.25. The highest BCUT2D eigenvalue weighted by molar-refractivity contribution is 5.90. The number of aromatic nitrogens is 3. The number of aromatic amines is 1. The molecule has 6 heteroatoms. The SMILES string of the molecule is O=C(CCCc1nc2ccccc2[nH]1)Nc1cccc(OCc2ccccn2)c1. The summed E-state index contributed by atoms with van der Waals surface area (Å²) in [7, 11) is 0. The van der Waals surface area contributed by atoms with E-state index < -0.39 is 0 Å². The van der Waals surface area contributed by atoms with Gasteiger partial charge in [0, 0.05) is 30.8 Å². The third kappa shape index (κ3) is 5.19. The number of amides is 1. The molecule has 4 rings (SSSR count). The van der Waals surface area contributed by atoms with Crippen molar-refractivity contribution in [2.75, 3.05) is 5.32 Å². The zero-order valence-corrected chi connectivity index (χ0v) is 16.0. The number of para-hydroxylation sites is 2. The first-order chi connectivity index (χ1) is 14.3. The van der Waals surface area contributed by atoms with Crippen molar-refractivity contribution in [3.05, 3.63) is 84.4 Å². The number of fused-ring (bicyclic) bond motifs is 1. The van der Waals surface area contributed by atoms with Crippen molar-refractivity contribution in [1.82, 2.24) is 15.0 Å². The predicted molar refractivity (Wildman–Crippen MR) is 113 cm³/mol. The number of ether oxygens (including phenoxy) is 1. The highest BCUT2D eigenvalue weighted by Gasteiger charge is 2.06. The summed E-state index contributed by atoms with van der Waals surface area (Å²) < 4.78 is 5.76. The number of aryl methyl sites for hydroxylation is 1. The summed E-state index contributed by atoms with van der Waals surface area (Å²) in [6, 6.07) is 21.0. The molecule has 0 bridgehead atoms. The summed E-state index contributed by atoms with van der Waals surface area (Å²) in [5, 5.41) is 2.93. The second-order valence-electron chi connectivity index (χ2n) is 6.74. The van der Waals surface area contributed by atoms with Crippen LogP contribution in [0.1, 0.15) is 24.4 Å². The van der Waals surface area contributed by atoms with E-state index >= 15 is 0 Å². The first-order valence-electron chi connectivity index (χ1n) is 9.62. The Bertz CT molecular complexity index is 1060. The molecule has 2 aromatic carbocycles. The van der Waals surface area contributed by atoms with Crippen molar-refractivity contribution in [2.24, 2.45) is 0 Å². The molecule has 0 aliphatic rings. The standard InChI is InChI=1S/C23H22N4O2/c28-23(13-6-12-22-26-20-10-1-2-11-21(20)27-22)25-17-8-5-9-19(15-17)29-16-18-7-3-4-14-24-18/h1-5,7-11,14-15H,6,12-13,16H2,(H,25,28)(H,26,27). The molecule has 2 aromatic heterocycles. The first-order valence-corrected chi connectivity index (χ1v) is 9.62. The van der Waals surface area contributed by atoms with Crippen molar-refractivity contribution < 1.29 is 9.53 Å². The summed E-state index contributed by atoms with van der Waals surface area (Å²) in [5.74, 6) is 1.57. The number of imidazole rings is 1. The Hall–Kier alpha value is -3.67. The third-order valence-corrected chi connectivity index (χ3v) is 4.49. The molecule has 0 radical (unpaired) electrons. The average Bonchev–Trinajstić information content (AvgIpc) is 3.16. The maximum Gasteiger partial charge on any atom is 0.224 e. The van der Waals surface area contributed by atoms with Crippen LogP contribution in [0.5, 0.6) is 5.75 Å². The van der Waals surface area contributed by atoms with E-state index in [9.17, 15) is 4.79 Å². The normalized spacial score (nSPS) is 10.8. The van der Waals surface area contributed by atoms with Crippen LogP contribution in [0.2, 0.25) is 0 Å². The molecule has 0 fully saturated rings. The van der Waals surface area contributed by atoms with Gasteiger partial charge in [0.05, 0.1) is 16.7 Å². The van der Waals surface area contributed by atoms with Gasteiger partial charge in [0.25, 0.3) is 0 Å². The molecule has 2 heterocycles. The fourth-order valence-corrected chi connectivity index (χ4v) is 3.07. The Kier molecular flexibility index (Phi) is 5.81. The molecule has 0 aliphatic heterocycles. The lowest BCUT2D eigenvalue weighted by atomic mass is 10.2. The molecular formula is C23H22N4O2. The number of hydrogen-bond donors (Lipinski definition) is 2.